The molecular weight excluding hydrogens is 296 g/mol. The van der Waals surface area contributed by atoms with Gasteiger partial charge in [-0.05, 0) is 54.8 Å². The lowest BCUT2D eigenvalue weighted by molar-refractivity contribution is -0.138. The maximum absolute atomic E-state index is 10.9. The Bertz CT molecular complexity index is 716. The van der Waals surface area contributed by atoms with E-state index in [0.29, 0.717) is 29.7 Å². The van der Waals surface area contributed by atoms with Crippen molar-refractivity contribution >= 4 is 5.97 Å². The first-order chi connectivity index (χ1) is 10.9. The lowest BCUT2D eigenvalue weighted by atomic mass is 9.96. The van der Waals surface area contributed by atoms with Crippen molar-refractivity contribution in [1.82, 2.24) is 0 Å². The van der Waals surface area contributed by atoms with Gasteiger partial charge in [0.25, 0.3) is 0 Å². The molecule has 6 nitrogen and oxygen atoms in total. The Morgan fingerprint density at radius 2 is 1.52 bits per heavy atom. The molecule has 2 aromatic rings. The van der Waals surface area contributed by atoms with Gasteiger partial charge in [-0.25, -0.2) is 0 Å². The average Bonchev–Trinajstić information content (AvgIpc) is 2.51. The maximum Gasteiger partial charge on any atom is 0.320 e. The van der Waals surface area contributed by atoms with Crippen molar-refractivity contribution in [2.24, 2.45) is 11.5 Å². The summed E-state index contributed by atoms with van der Waals surface area (Å²) in [6.45, 7) is 0.476. The van der Waals surface area contributed by atoms with Gasteiger partial charge in [0.05, 0.1) is 0 Å². The van der Waals surface area contributed by atoms with Gasteiger partial charge >= 0.3 is 5.97 Å². The second-order valence-corrected chi connectivity index (χ2v) is 5.39. The van der Waals surface area contributed by atoms with Gasteiger partial charge in [-0.1, -0.05) is 12.1 Å². The van der Waals surface area contributed by atoms with E-state index in [-0.39, 0.29) is 17.9 Å². The van der Waals surface area contributed by atoms with Crippen molar-refractivity contribution in [2.45, 2.75) is 18.9 Å². The third kappa shape index (κ3) is 4.00. The normalized spacial score (nSPS) is 12.1. The molecule has 0 spiro atoms. The fourth-order valence-corrected chi connectivity index (χ4v) is 2.39. The zero-order valence-corrected chi connectivity index (χ0v) is 12.6. The van der Waals surface area contributed by atoms with Crippen LogP contribution in [0.3, 0.4) is 0 Å². The molecule has 0 radical (unpaired) electrons. The molecule has 0 saturated carbocycles. The zero-order chi connectivity index (χ0) is 17.0. The van der Waals surface area contributed by atoms with Gasteiger partial charge in [-0.2, -0.15) is 0 Å². The Morgan fingerprint density at radius 1 is 1.00 bits per heavy atom. The Balaban J connectivity index is 2.42. The highest BCUT2D eigenvalue weighted by Gasteiger charge is 2.15. The summed E-state index contributed by atoms with van der Waals surface area (Å²) in [6.07, 6.45) is 0.781. The minimum Gasteiger partial charge on any atom is -0.507 e. The van der Waals surface area contributed by atoms with Crippen molar-refractivity contribution in [2.75, 3.05) is 6.54 Å². The van der Waals surface area contributed by atoms with Crippen molar-refractivity contribution in [3.05, 3.63) is 47.5 Å². The smallest absolute Gasteiger partial charge is 0.320 e. The number of aromatic hydroxyl groups is 2. The van der Waals surface area contributed by atoms with Crippen LogP contribution in [0.5, 0.6) is 11.5 Å². The Morgan fingerprint density at radius 3 is 2.04 bits per heavy atom. The number of rotatable bonds is 6. The molecule has 1 unspecified atom stereocenters. The van der Waals surface area contributed by atoms with Gasteiger partial charge in [-0.3, -0.25) is 4.79 Å². The monoisotopic (exact) mass is 316 g/mol. The second-order valence-electron chi connectivity index (χ2n) is 5.39. The van der Waals surface area contributed by atoms with E-state index >= 15 is 0 Å². The summed E-state index contributed by atoms with van der Waals surface area (Å²) >= 11 is 0. The molecule has 0 bridgehead atoms. The molecule has 0 aliphatic rings. The van der Waals surface area contributed by atoms with E-state index in [2.05, 4.69) is 0 Å². The number of carbonyl (C=O) groups is 1. The lowest BCUT2D eigenvalue weighted by Crippen LogP contribution is -2.32. The van der Waals surface area contributed by atoms with Crippen molar-refractivity contribution in [3.8, 4) is 22.6 Å². The number of hydrogen-bond acceptors (Lipinski definition) is 5. The van der Waals surface area contributed by atoms with Crippen LogP contribution in [0, 0.1) is 0 Å². The molecule has 23 heavy (non-hydrogen) atoms. The van der Waals surface area contributed by atoms with E-state index in [4.69, 9.17) is 16.6 Å². The quantitative estimate of drug-likeness (QED) is 0.545. The van der Waals surface area contributed by atoms with Gasteiger partial charge in [0.2, 0.25) is 0 Å². The summed E-state index contributed by atoms with van der Waals surface area (Å²) in [5.41, 5.74) is 13.6. The van der Waals surface area contributed by atoms with Crippen molar-refractivity contribution < 1.29 is 20.1 Å². The largest absolute Gasteiger partial charge is 0.507 e. The Kier molecular flexibility index (Phi) is 5.20. The first-order valence-corrected chi connectivity index (χ1v) is 7.25. The lowest BCUT2D eigenvalue weighted by Gasteiger charge is -2.12. The number of hydrogen-bond donors (Lipinski definition) is 5. The highest BCUT2D eigenvalue weighted by molar-refractivity contribution is 5.77. The van der Waals surface area contributed by atoms with E-state index in [1.54, 1.807) is 30.3 Å². The Hall–Kier alpha value is -2.57. The number of carboxylic acid groups (broad SMARTS) is 1. The molecule has 0 heterocycles. The van der Waals surface area contributed by atoms with Crippen LogP contribution in [-0.2, 0) is 17.6 Å². The summed E-state index contributed by atoms with van der Waals surface area (Å²) in [5.74, 6) is -1.06. The predicted molar refractivity (Wildman–Crippen MR) is 87.3 cm³/mol. The van der Waals surface area contributed by atoms with Crippen LogP contribution in [0.15, 0.2) is 36.4 Å². The summed E-state index contributed by atoms with van der Waals surface area (Å²) in [4.78, 5) is 10.9. The molecule has 2 aromatic carbocycles. The van der Waals surface area contributed by atoms with E-state index in [1.165, 1.54) is 6.07 Å². The molecule has 1 atom stereocenters. The molecular formula is C17H20N2O4. The fraction of sp³-hybridized carbons (Fsp3) is 0.235. The SMILES string of the molecule is NCCc1ccc(O)c(-c2cc(CC(N)C(=O)O)ccc2O)c1. The summed E-state index contributed by atoms with van der Waals surface area (Å²) in [7, 11) is 0. The third-order valence-electron chi connectivity index (χ3n) is 3.62. The first kappa shape index (κ1) is 16.8. The number of aliphatic carboxylic acids is 1. The van der Waals surface area contributed by atoms with E-state index in [0.717, 1.165) is 5.56 Å². The van der Waals surface area contributed by atoms with Gasteiger partial charge in [-0.15, -0.1) is 0 Å². The van der Waals surface area contributed by atoms with Crippen LogP contribution >= 0.6 is 0 Å². The molecule has 0 fully saturated rings. The van der Waals surface area contributed by atoms with Gasteiger partial charge in [0.15, 0.2) is 0 Å². The fourth-order valence-electron chi connectivity index (χ4n) is 2.39. The van der Waals surface area contributed by atoms with Gasteiger partial charge in [0.1, 0.15) is 17.5 Å². The molecule has 2 rings (SSSR count). The third-order valence-corrected chi connectivity index (χ3v) is 3.62. The molecule has 6 heteroatoms. The van der Waals surface area contributed by atoms with Gasteiger partial charge in [0, 0.05) is 11.1 Å². The second kappa shape index (κ2) is 7.13. The van der Waals surface area contributed by atoms with Crippen LogP contribution in [-0.4, -0.2) is 33.9 Å². The van der Waals surface area contributed by atoms with Crippen LogP contribution in [0.2, 0.25) is 0 Å². The average molecular weight is 316 g/mol. The highest BCUT2D eigenvalue weighted by Crippen LogP contribution is 2.36. The molecule has 0 aromatic heterocycles. The standard InChI is InChI=1S/C17H20N2O4/c18-6-5-10-1-3-15(20)12(7-10)13-8-11(2-4-16(13)21)9-14(19)17(22)23/h1-4,7-8,14,20-21H,5-6,9,18-19H2,(H,22,23). The van der Waals surface area contributed by atoms with Crippen LogP contribution in [0.1, 0.15) is 11.1 Å². The molecule has 7 N–H and O–H groups in total. The van der Waals surface area contributed by atoms with Crippen LogP contribution in [0.4, 0.5) is 0 Å². The summed E-state index contributed by atoms with van der Waals surface area (Å²) in [6, 6.07) is 8.78. The zero-order valence-electron chi connectivity index (χ0n) is 12.6. The molecule has 0 saturated heterocycles. The number of carboxylic acids is 1. The molecule has 0 aliphatic heterocycles. The topological polar surface area (TPSA) is 130 Å². The van der Waals surface area contributed by atoms with E-state index in [9.17, 15) is 15.0 Å². The minimum absolute atomic E-state index is 0.00200. The molecule has 122 valence electrons. The number of benzene rings is 2. The Labute approximate surface area is 134 Å². The summed E-state index contributed by atoms with van der Waals surface area (Å²) < 4.78 is 0. The molecule has 0 aliphatic carbocycles. The minimum atomic E-state index is -1.09. The number of phenols is 2. The highest BCUT2D eigenvalue weighted by atomic mass is 16.4. The summed E-state index contributed by atoms with van der Waals surface area (Å²) in [5, 5.41) is 29.1. The predicted octanol–water partition coefficient (Wildman–Crippen LogP) is 1.22. The van der Waals surface area contributed by atoms with E-state index in [1.807, 2.05) is 0 Å². The molecule has 0 amide bonds. The van der Waals surface area contributed by atoms with Crippen LogP contribution < -0.4 is 11.5 Å². The van der Waals surface area contributed by atoms with Crippen LogP contribution in [0.25, 0.3) is 11.1 Å². The van der Waals surface area contributed by atoms with E-state index < -0.39 is 12.0 Å². The first-order valence-electron chi connectivity index (χ1n) is 7.25. The number of nitrogens with two attached hydrogens (primary N) is 2. The maximum atomic E-state index is 10.9. The number of phenolic OH excluding ortho intramolecular Hbond substituents is 2. The van der Waals surface area contributed by atoms with Gasteiger partial charge < -0.3 is 26.8 Å². The van der Waals surface area contributed by atoms with Crippen molar-refractivity contribution in [3.63, 3.8) is 0 Å². The van der Waals surface area contributed by atoms with Crippen molar-refractivity contribution in [1.29, 1.82) is 0 Å².